The zero-order chi connectivity index (χ0) is 14.9. The third-order valence-corrected chi connectivity index (χ3v) is 3.96. The molecule has 1 fully saturated rings. The van der Waals surface area contributed by atoms with Gasteiger partial charge in [-0.05, 0) is 24.6 Å². The van der Waals surface area contributed by atoms with Crippen LogP contribution in [0.4, 0.5) is 5.69 Å². The quantitative estimate of drug-likeness (QED) is 0.739. The average Bonchev–Trinajstić information content (AvgIpc) is 2.76. The van der Waals surface area contributed by atoms with Crippen LogP contribution in [0.5, 0.6) is 0 Å². The molecule has 0 aromatic heterocycles. The van der Waals surface area contributed by atoms with E-state index in [4.69, 9.17) is 9.73 Å². The second-order valence-corrected chi connectivity index (χ2v) is 6.36. The molecule has 108 valence electrons. The molecule has 1 aliphatic heterocycles. The molecule has 1 unspecified atom stereocenters. The summed E-state index contributed by atoms with van der Waals surface area (Å²) in [6.07, 6.45) is 1.06. The Kier molecular flexibility index (Phi) is 3.54. The van der Waals surface area contributed by atoms with Crippen molar-refractivity contribution in [1.29, 1.82) is 0 Å². The van der Waals surface area contributed by atoms with Gasteiger partial charge in [0.15, 0.2) is 5.90 Å². The Morgan fingerprint density at radius 1 is 1.00 bits per heavy atom. The summed E-state index contributed by atoms with van der Waals surface area (Å²) in [5, 5.41) is 0. The molecule has 1 aliphatic rings. The predicted molar refractivity (Wildman–Crippen MR) is 86.9 cm³/mol. The van der Waals surface area contributed by atoms with Crippen LogP contribution < -0.4 is 0 Å². The molecule has 3 rings (SSSR count). The van der Waals surface area contributed by atoms with Crippen molar-refractivity contribution in [3.63, 3.8) is 0 Å². The highest BCUT2D eigenvalue weighted by Gasteiger charge is 2.40. The van der Waals surface area contributed by atoms with Gasteiger partial charge in [0.25, 0.3) is 0 Å². The summed E-state index contributed by atoms with van der Waals surface area (Å²) in [5.74, 6) is 0.833. The van der Waals surface area contributed by atoms with Crippen molar-refractivity contribution in [1.82, 2.24) is 0 Å². The first-order valence-corrected chi connectivity index (χ1v) is 7.42. The maximum Gasteiger partial charge on any atom is 0.195 e. The van der Waals surface area contributed by atoms with Crippen molar-refractivity contribution in [2.45, 2.75) is 33.3 Å². The summed E-state index contributed by atoms with van der Waals surface area (Å²) in [7, 11) is 0. The van der Waals surface area contributed by atoms with E-state index in [0.29, 0.717) is 0 Å². The van der Waals surface area contributed by atoms with Crippen molar-refractivity contribution >= 4 is 11.6 Å². The Labute approximate surface area is 126 Å². The first-order chi connectivity index (χ1) is 10.0. The summed E-state index contributed by atoms with van der Waals surface area (Å²) in [5.41, 5.74) is 3.41. The lowest BCUT2D eigenvalue weighted by Crippen LogP contribution is -2.17. The molecule has 0 spiro atoms. The van der Waals surface area contributed by atoms with E-state index in [1.54, 1.807) is 0 Å². The largest absolute Gasteiger partial charge is 0.472 e. The van der Waals surface area contributed by atoms with Gasteiger partial charge < -0.3 is 4.74 Å². The molecule has 2 heteroatoms. The van der Waals surface area contributed by atoms with Gasteiger partial charge in [0, 0.05) is 11.8 Å². The maximum atomic E-state index is 6.16. The van der Waals surface area contributed by atoms with Gasteiger partial charge in [-0.25, -0.2) is 4.99 Å². The van der Waals surface area contributed by atoms with Crippen molar-refractivity contribution in [3.8, 4) is 0 Å². The lowest BCUT2D eigenvalue weighted by molar-refractivity contribution is 0.221. The Morgan fingerprint density at radius 2 is 1.67 bits per heavy atom. The van der Waals surface area contributed by atoms with Crippen LogP contribution in [0.3, 0.4) is 0 Å². The molecule has 0 radical (unpaired) electrons. The fourth-order valence-electron chi connectivity index (χ4n) is 2.65. The van der Waals surface area contributed by atoms with Crippen LogP contribution in [0.1, 0.15) is 37.5 Å². The second-order valence-electron chi connectivity index (χ2n) is 6.36. The molecule has 2 nitrogen and oxygen atoms in total. The highest BCUT2D eigenvalue weighted by atomic mass is 16.5. The Hall–Kier alpha value is -2.09. The van der Waals surface area contributed by atoms with Crippen molar-refractivity contribution in [2.75, 3.05) is 0 Å². The third kappa shape index (κ3) is 2.99. The average molecular weight is 279 g/mol. The fraction of sp³-hybridized carbons (Fsp3) is 0.316. The smallest absolute Gasteiger partial charge is 0.195 e. The fourth-order valence-corrected chi connectivity index (χ4v) is 2.65. The number of hydrogen-bond donors (Lipinski definition) is 0. The molecule has 1 atom stereocenters. The zero-order valence-corrected chi connectivity index (χ0v) is 12.8. The van der Waals surface area contributed by atoms with Gasteiger partial charge >= 0.3 is 0 Å². The second kappa shape index (κ2) is 5.36. The summed E-state index contributed by atoms with van der Waals surface area (Å²) in [6, 6.07) is 18.6. The van der Waals surface area contributed by atoms with E-state index in [2.05, 4.69) is 45.0 Å². The molecule has 0 aliphatic carbocycles. The number of hydrogen-bond acceptors (Lipinski definition) is 2. The number of rotatable bonds is 2. The van der Waals surface area contributed by atoms with Gasteiger partial charge in [-0.3, -0.25) is 0 Å². The molecular formula is C19H21NO. The summed E-state index contributed by atoms with van der Waals surface area (Å²) in [6.45, 7) is 6.50. The Morgan fingerprint density at radius 3 is 2.33 bits per heavy atom. The number of ether oxygens (including phenoxy) is 1. The minimum absolute atomic E-state index is 0.0363. The van der Waals surface area contributed by atoms with E-state index in [0.717, 1.165) is 18.0 Å². The number of benzene rings is 2. The van der Waals surface area contributed by atoms with E-state index in [9.17, 15) is 0 Å². The molecule has 0 saturated carbocycles. The highest BCUT2D eigenvalue weighted by Crippen LogP contribution is 2.42. The van der Waals surface area contributed by atoms with Crippen molar-refractivity contribution in [3.05, 3.63) is 65.7 Å². The molecule has 1 saturated heterocycles. The predicted octanol–water partition coefficient (Wildman–Crippen LogP) is 5.21. The van der Waals surface area contributed by atoms with E-state index in [-0.39, 0.29) is 11.5 Å². The van der Waals surface area contributed by atoms with Crippen LogP contribution in [0.2, 0.25) is 0 Å². The normalized spacial score (nSPS) is 22.2. The molecule has 0 bridgehead atoms. The van der Waals surface area contributed by atoms with Gasteiger partial charge in [0.1, 0.15) is 6.10 Å². The van der Waals surface area contributed by atoms with Crippen LogP contribution in [-0.2, 0) is 4.74 Å². The summed E-state index contributed by atoms with van der Waals surface area (Å²) in [4.78, 5) is 4.70. The number of aliphatic imine (C=N–C) groups is 1. The topological polar surface area (TPSA) is 21.6 Å². The van der Waals surface area contributed by atoms with Gasteiger partial charge in [-0.2, -0.15) is 0 Å². The molecule has 2 aromatic carbocycles. The Bertz CT molecular complexity index is 641. The van der Waals surface area contributed by atoms with Crippen LogP contribution in [-0.4, -0.2) is 5.90 Å². The molecule has 0 N–H and O–H groups in total. The molecule has 0 amide bonds. The Balaban J connectivity index is 1.87. The monoisotopic (exact) mass is 279 g/mol. The number of aryl methyl sites for hydroxylation is 1. The summed E-state index contributed by atoms with van der Waals surface area (Å²) < 4.78 is 6.16. The van der Waals surface area contributed by atoms with Crippen LogP contribution in [0.15, 0.2) is 59.6 Å². The van der Waals surface area contributed by atoms with E-state index in [1.165, 1.54) is 11.1 Å². The molecule has 2 aromatic rings. The first kappa shape index (κ1) is 13.9. The van der Waals surface area contributed by atoms with Gasteiger partial charge in [0.05, 0.1) is 5.69 Å². The number of nitrogens with zero attached hydrogens (tertiary/aromatic N) is 1. The van der Waals surface area contributed by atoms with Gasteiger partial charge in [0.2, 0.25) is 0 Å². The summed E-state index contributed by atoms with van der Waals surface area (Å²) >= 11 is 0. The SMILES string of the molecule is Cc1ccc(C2CC(C)(C)C(=Nc3ccccc3)O2)cc1. The third-order valence-electron chi connectivity index (χ3n) is 3.96. The number of para-hydroxylation sites is 1. The van der Waals surface area contributed by atoms with Gasteiger partial charge in [-0.15, -0.1) is 0 Å². The molecule has 1 heterocycles. The van der Waals surface area contributed by atoms with Gasteiger partial charge in [-0.1, -0.05) is 61.9 Å². The van der Waals surface area contributed by atoms with Crippen molar-refractivity contribution in [2.24, 2.45) is 10.4 Å². The standard InChI is InChI=1S/C19H21NO/c1-14-9-11-15(12-10-14)17-13-19(2,3)18(21-17)20-16-7-5-4-6-8-16/h4-12,17H,13H2,1-3H3. The lowest BCUT2D eigenvalue weighted by Gasteiger charge is -2.14. The van der Waals surface area contributed by atoms with E-state index in [1.807, 2.05) is 30.3 Å². The maximum absolute atomic E-state index is 6.16. The van der Waals surface area contributed by atoms with E-state index < -0.39 is 0 Å². The van der Waals surface area contributed by atoms with Crippen LogP contribution in [0, 0.1) is 12.3 Å². The highest BCUT2D eigenvalue weighted by molar-refractivity contribution is 5.86. The molecule has 21 heavy (non-hydrogen) atoms. The van der Waals surface area contributed by atoms with E-state index >= 15 is 0 Å². The van der Waals surface area contributed by atoms with Crippen LogP contribution in [0.25, 0.3) is 0 Å². The molecular weight excluding hydrogens is 258 g/mol. The van der Waals surface area contributed by atoms with Crippen LogP contribution >= 0.6 is 0 Å². The zero-order valence-electron chi connectivity index (χ0n) is 12.8. The minimum atomic E-state index is -0.0363. The lowest BCUT2D eigenvalue weighted by atomic mass is 9.87. The minimum Gasteiger partial charge on any atom is -0.472 e. The first-order valence-electron chi connectivity index (χ1n) is 7.42. The van der Waals surface area contributed by atoms with Crippen molar-refractivity contribution < 1.29 is 4.74 Å².